The van der Waals surface area contributed by atoms with Gasteiger partial charge in [0.1, 0.15) is 28.7 Å². The molecule has 0 saturated carbocycles. The van der Waals surface area contributed by atoms with Crippen LogP contribution < -0.4 is 65.6 Å². The second kappa shape index (κ2) is 34.5. The van der Waals surface area contributed by atoms with Crippen LogP contribution in [-0.4, -0.2) is 63.4 Å². The molecule has 0 bridgehead atoms. The number of rotatable bonds is 12. The molecule has 0 spiro atoms. The number of aromatic carboxylic acids is 2. The molecule has 0 amide bonds. The van der Waals surface area contributed by atoms with E-state index in [0.29, 0.717) is 33.9 Å². The molecule has 0 aliphatic heterocycles. The Morgan fingerprint density at radius 3 is 1.30 bits per heavy atom. The van der Waals surface area contributed by atoms with Crippen molar-refractivity contribution in [2.75, 3.05) is 19.5 Å². The minimum Gasteiger partial charge on any atom is -0.870 e. The molecule has 7 aromatic rings. The van der Waals surface area contributed by atoms with Crippen molar-refractivity contribution in [1.29, 1.82) is 10.5 Å². The van der Waals surface area contributed by atoms with Gasteiger partial charge in [-0.05, 0) is 132 Å². The zero-order chi connectivity index (χ0) is 49.7. The van der Waals surface area contributed by atoms with Crippen LogP contribution in [0.4, 0.5) is 0 Å². The van der Waals surface area contributed by atoms with Gasteiger partial charge in [-0.25, -0.2) is 14.4 Å². The third-order valence-corrected chi connectivity index (χ3v) is 9.89. The maximum atomic E-state index is 12.2. The van der Waals surface area contributed by atoms with Crippen LogP contribution in [0.3, 0.4) is 0 Å². The van der Waals surface area contributed by atoms with E-state index < -0.39 is 17.9 Å². The molecule has 0 heterocycles. The molecule has 15 heteroatoms. The summed E-state index contributed by atoms with van der Waals surface area (Å²) in [6, 6.07) is 51.7. The van der Waals surface area contributed by atoms with Crippen molar-refractivity contribution >= 4 is 33.8 Å². The number of nitrogens with zero attached hydrogens (tertiary/aromatic N) is 2. The molecule has 5 N–H and O–H groups in total. The topological polar surface area (TPSA) is 237 Å². The molecule has 7 aromatic carbocycles. The Bertz CT molecular complexity index is 2740. The number of phenolic OH excluding ortho intramolecular Hbond substituents is 2. The van der Waals surface area contributed by atoms with Crippen molar-refractivity contribution in [1.82, 2.24) is 0 Å². The van der Waals surface area contributed by atoms with Crippen molar-refractivity contribution < 1.29 is 106 Å². The van der Waals surface area contributed by atoms with Crippen molar-refractivity contribution in [3.8, 4) is 63.1 Å². The Morgan fingerprint density at radius 1 is 0.514 bits per heavy atom. The number of carboxylic acid groups (broad SMARTS) is 2. The number of phenols is 2. The normalized spacial score (nSPS) is 9.29. The fourth-order valence-corrected chi connectivity index (χ4v) is 6.07. The molecule has 0 atom stereocenters. The van der Waals surface area contributed by atoms with Gasteiger partial charge in [-0.2, -0.15) is 10.5 Å². The second-order valence-electron chi connectivity index (χ2n) is 14.2. The first kappa shape index (κ1) is 61.2. The van der Waals surface area contributed by atoms with Gasteiger partial charge in [-0.3, -0.25) is 0 Å². The molecule has 0 aliphatic rings. The molecule has 7 rings (SSSR count). The number of carbonyl (C=O) groups excluding carboxylic acids is 1. The first-order valence-corrected chi connectivity index (χ1v) is 22.2. The Labute approximate surface area is 459 Å². The number of esters is 1. The summed E-state index contributed by atoms with van der Waals surface area (Å²) in [6.07, 6.45) is 5.47. The van der Waals surface area contributed by atoms with Gasteiger partial charge in [0, 0.05) is 5.33 Å². The Kier molecular flexibility index (Phi) is 30.2. The molecule has 356 valence electrons. The van der Waals surface area contributed by atoms with Crippen molar-refractivity contribution in [3.05, 3.63) is 198 Å². The van der Waals surface area contributed by atoms with E-state index in [9.17, 15) is 14.4 Å². The number of alkyl halides is 1. The quantitative estimate of drug-likeness (QED) is 0.0294. The van der Waals surface area contributed by atoms with Crippen LogP contribution >= 0.6 is 15.9 Å². The van der Waals surface area contributed by atoms with E-state index >= 15 is 0 Å². The largest absolute Gasteiger partial charge is 1.00 e. The van der Waals surface area contributed by atoms with Crippen LogP contribution in [0, 0.1) is 22.7 Å². The SMILES string of the molecule is CCCCCCBr.COc1cccc(C(=O)O)c1.COc1cccc(C(=O)Oc2ccc(-c3ccc(C#N)cc3)cc2)c1.N#Cc1ccc(-c2ccc(O)cc2)cc1.O=C(O)c1cccc(O)c1.[K+].[OH-]. The van der Waals surface area contributed by atoms with Crippen LogP contribution in [0.2, 0.25) is 0 Å². The predicted octanol–water partition coefficient (Wildman–Crippen LogP) is 9.66. The molecule has 0 fully saturated rings. The molecule has 13 nitrogen and oxygen atoms in total. The van der Waals surface area contributed by atoms with Crippen LogP contribution in [0.25, 0.3) is 22.3 Å². The van der Waals surface area contributed by atoms with Crippen LogP contribution in [0.15, 0.2) is 170 Å². The third-order valence-electron chi connectivity index (χ3n) is 9.33. The maximum Gasteiger partial charge on any atom is 1.00 e. The third kappa shape index (κ3) is 22.5. The average Bonchev–Trinajstić information content (AvgIpc) is 3.38. The monoisotopic (exact) mass is 1030 g/mol. The van der Waals surface area contributed by atoms with Gasteiger partial charge in [0.05, 0.1) is 54.2 Å². The summed E-state index contributed by atoms with van der Waals surface area (Å²) < 4.78 is 15.3. The average molecular weight is 1040 g/mol. The number of unbranched alkanes of at least 4 members (excludes halogenated alkanes) is 3. The van der Waals surface area contributed by atoms with E-state index in [1.165, 1.54) is 74.5 Å². The maximum absolute atomic E-state index is 12.2. The summed E-state index contributed by atoms with van der Waals surface area (Å²) in [5, 5.41) is 53.6. The first-order chi connectivity index (χ1) is 32.8. The number of ether oxygens (including phenoxy) is 3. The van der Waals surface area contributed by atoms with E-state index in [0.717, 1.165) is 22.3 Å². The van der Waals surface area contributed by atoms with Crippen LogP contribution in [0.1, 0.15) is 74.8 Å². The minimum absolute atomic E-state index is 0. The van der Waals surface area contributed by atoms with Crippen LogP contribution in [-0.2, 0) is 0 Å². The number of aromatic hydroxyl groups is 2. The Morgan fingerprint density at radius 2 is 0.914 bits per heavy atom. The number of hydrogen-bond donors (Lipinski definition) is 4. The summed E-state index contributed by atoms with van der Waals surface area (Å²) >= 11 is 3.38. The molecule has 0 saturated heterocycles. The van der Waals surface area contributed by atoms with Crippen molar-refractivity contribution in [3.63, 3.8) is 0 Å². The molecule has 0 aromatic heterocycles. The zero-order valence-electron chi connectivity index (χ0n) is 39.2. The van der Waals surface area contributed by atoms with Gasteiger partial charge < -0.3 is 40.1 Å². The smallest absolute Gasteiger partial charge is 0.870 e. The fourth-order valence-electron chi connectivity index (χ4n) is 5.68. The second-order valence-corrected chi connectivity index (χ2v) is 15.0. The number of carbonyl (C=O) groups is 3. The molecule has 70 heavy (non-hydrogen) atoms. The summed E-state index contributed by atoms with van der Waals surface area (Å²) in [6.45, 7) is 2.23. The van der Waals surface area contributed by atoms with Gasteiger partial charge in [0.15, 0.2) is 0 Å². The van der Waals surface area contributed by atoms with E-state index in [-0.39, 0.29) is 79.5 Å². The number of halogens is 1. The first-order valence-electron chi connectivity index (χ1n) is 21.1. The molecule has 0 aliphatic carbocycles. The Hall–Kier alpha value is -6.79. The number of benzene rings is 7. The van der Waals surface area contributed by atoms with Gasteiger partial charge in [-0.15, -0.1) is 0 Å². The summed E-state index contributed by atoms with van der Waals surface area (Å²) in [7, 11) is 3.05. The van der Waals surface area contributed by atoms with E-state index in [1.54, 1.807) is 92.0 Å². The summed E-state index contributed by atoms with van der Waals surface area (Å²) in [5.74, 6) is -0.558. The standard InChI is InChI=1S/C21H15NO3.C13H9NO.C8H8O3.C7H6O3.C6H13Br.K.H2O/c1-24-20-4-2-3-18(13-20)21(23)25-19-11-9-17(10-12-19)16-7-5-15(14-22)6-8-16;14-9-10-1-3-11(4-2-10)12-5-7-13(15)8-6-12;1-11-7-4-2-3-6(5-7)8(9)10;8-6-3-1-2-5(4-6)7(9)10;1-2-3-4-5-6-7;;/h2-13H,1H3;1-8,15H;2-5H,1H3,(H,9,10);1-4,8H,(H,9,10);2-6H2,1H3;;1H2/q;;;;;+1;/p-1. The number of carboxylic acids is 2. The van der Waals surface area contributed by atoms with E-state index in [2.05, 4.69) is 35.0 Å². The minimum atomic E-state index is -1.03. The van der Waals surface area contributed by atoms with Gasteiger partial charge in [0.25, 0.3) is 0 Å². The summed E-state index contributed by atoms with van der Waals surface area (Å²) in [4.78, 5) is 32.9. The summed E-state index contributed by atoms with van der Waals surface area (Å²) in [5.41, 5.74) is 6.06. The molecule has 0 radical (unpaired) electrons. The molecular weight excluding hydrogens is 984 g/mol. The van der Waals surface area contributed by atoms with Gasteiger partial charge >= 0.3 is 69.3 Å². The van der Waals surface area contributed by atoms with E-state index in [4.69, 9.17) is 45.2 Å². The van der Waals surface area contributed by atoms with Crippen molar-refractivity contribution in [2.24, 2.45) is 0 Å². The molecular formula is C55H52BrKN2O11. The Balaban J connectivity index is 0.000000469. The van der Waals surface area contributed by atoms with Gasteiger partial charge in [0.2, 0.25) is 0 Å². The van der Waals surface area contributed by atoms with E-state index in [1.807, 2.05) is 48.5 Å². The molecule has 0 unspecified atom stereocenters. The number of hydrogen-bond acceptors (Lipinski definition) is 11. The number of methoxy groups -OCH3 is 2. The number of nitriles is 2. The zero-order valence-corrected chi connectivity index (χ0v) is 43.9. The van der Waals surface area contributed by atoms with Gasteiger partial charge in [-0.1, -0.05) is 109 Å². The van der Waals surface area contributed by atoms with Crippen molar-refractivity contribution in [2.45, 2.75) is 32.6 Å². The van der Waals surface area contributed by atoms with Crippen LogP contribution in [0.5, 0.6) is 28.7 Å². The predicted molar refractivity (Wildman–Crippen MR) is 268 cm³/mol. The fraction of sp³-hybridized carbons (Fsp3) is 0.145.